The van der Waals surface area contributed by atoms with Crippen LogP contribution in [0.4, 0.5) is 5.69 Å². The summed E-state index contributed by atoms with van der Waals surface area (Å²) >= 11 is 0.797. The third-order valence-corrected chi connectivity index (χ3v) is 3.20. The zero-order valence-corrected chi connectivity index (χ0v) is 11.6. The van der Waals surface area contributed by atoms with Crippen molar-refractivity contribution in [3.63, 3.8) is 0 Å². The van der Waals surface area contributed by atoms with Crippen molar-refractivity contribution in [1.29, 1.82) is 5.26 Å². The van der Waals surface area contributed by atoms with Crippen LogP contribution in [0.15, 0.2) is 17.0 Å². The molecule has 0 amide bonds. The summed E-state index contributed by atoms with van der Waals surface area (Å²) in [6.07, 6.45) is 0. The van der Waals surface area contributed by atoms with Gasteiger partial charge in [-0.25, -0.2) is 4.79 Å². The standard InChI is InChI=1S/C11H11N2O3PS/c1-2-16-11(15)10(14)6-3-7(13)8(17)4-9(6)18-5-12/h3-4H,2,13,17H2,1H3. The number of thioether (sulfide) groups is 1. The Morgan fingerprint density at radius 3 is 2.78 bits per heavy atom. The van der Waals surface area contributed by atoms with Gasteiger partial charge in [0.05, 0.1) is 6.61 Å². The summed E-state index contributed by atoms with van der Waals surface area (Å²) in [5, 5.41) is 11.2. The number of carbonyl (C=O) groups is 2. The van der Waals surface area contributed by atoms with Gasteiger partial charge in [0.1, 0.15) is 5.40 Å². The zero-order valence-electron chi connectivity index (χ0n) is 9.60. The number of thiocyanates is 1. The third kappa shape index (κ3) is 3.22. The summed E-state index contributed by atoms with van der Waals surface area (Å²) in [4.78, 5) is 23.6. The van der Waals surface area contributed by atoms with Gasteiger partial charge in [-0.2, -0.15) is 5.26 Å². The molecule has 0 aliphatic heterocycles. The van der Waals surface area contributed by atoms with Crippen LogP contribution in [0.3, 0.4) is 0 Å². The highest BCUT2D eigenvalue weighted by molar-refractivity contribution is 8.03. The number of nitriles is 1. The van der Waals surface area contributed by atoms with Gasteiger partial charge in [-0.05, 0) is 36.1 Å². The molecule has 0 fully saturated rings. The average Bonchev–Trinajstić information content (AvgIpc) is 2.33. The number of ketones is 1. The maximum Gasteiger partial charge on any atom is 0.379 e. The highest BCUT2D eigenvalue weighted by Crippen LogP contribution is 2.24. The number of carbonyl (C=O) groups excluding carboxylic acids is 2. The topological polar surface area (TPSA) is 93.2 Å². The maximum atomic E-state index is 11.8. The molecule has 1 unspecified atom stereocenters. The lowest BCUT2D eigenvalue weighted by atomic mass is 10.1. The Balaban J connectivity index is 3.22. The lowest BCUT2D eigenvalue weighted by Gasteiger charge is -2.08. The van der Waals surface area contributed by atoms with E-state index in [0.29, 0.717) is 15.9 Å². The van der Waals surface area contributed by atoms with Gasteiger partial charge in [-0.1, -0.05) is 0 Å². The first-order valence-electron chi connectivity index (χ1n) is 4.97. The molecule has 0 radical (unpaired) electrons. The number of hydrogen-bond donors (Lipinski definition) is 1. The first kappa shape index (κ1) is 14.5. The molecule has 1 aromatic rings. The molecule has 0 spiro atoms. The van der Waals surface area contributed by atoms with E-state index in [9.17, 15) is 9.59 Å². The van der Waals surface area contributed by atoms with Gasteiger partial charge < -0.3 is 10.5 Å². The summed E-state index contributed by atoms with van der Waals surface area (Å²) in [6, 6.07) is 2.95. The Hall–Kier alpha value is -1.57. The van der Waals surface area contributed by atoms with E-state index in [0.717, 1.165) is 11.8 Å². The van der Waals surface area contributed by atoms with Crippen LogP contribution in [-0.2, 0) is 9.53 Å². The van der Waals surface area contributed by atoms with Crippen LogP contribution < -0.4 is 11.0 Å². The van der Waals surface area contributed by atoms with Crippen LogP contribution in [0, 0.1) is 10.7 Å². The highest BCUT2D eigenvalue weighted by atomic mass is 32.2. The normalized spacial score (nSPS) is 9.61. The molecule has 0 saturated carbocycles. The van der Waals surface area contributed by atoms with Crippen LogP contribution >= 0.6 is 21.0 Å². The van der Waals surface area contributed by atoms with Crippen LogP contribution in [0.1, 0.15) is 17.3 Å². The van der Waals surface area contributed by atoms with Gasteiger partial charge in [-0.15, -0.1) is 9.24 Å². The smallest absolute Gasteiger partial charge is 0.379 e. The minimum absolute atomic E-state index is 0.0868. The fourth-order valence-corrected chi connectivity index (χ4v) is 2.15. The summed E-state index contributed by atoms with van der Waals surface area (Å²) in [5.74, 6) is -1.75. The Bertz CT molecular complexity index is 540. The molecule has 1 aromatic carbocycles. The van der Waals surface area contributed by atoms with E-state index < -0.39 is 11.8 Å². The molecule has 0 heterocycles. The van der Waals surface area contributed by atoms with Crippen molar-refractivity contribution in [2.45, 2.75) is 11.8 Å². The van der Waals surface area contributed by atoms with E-state index in [-0.39, 0.29) is 12.2 Å². The van der Waals surface area contributed by atoms with Crippen LogP contribution in [0.25, 0.3) is 0 Å². The van der Waals surface area contributed by atoms with Gasteiger partial charge in [0.2, 0.25) is 0 Å². The van der Waals surface area contributed by atoms with Gasteiger partial charge in [-0.3, -0.25) is 4.79 Å². The molecule has 5 nitrogen and oxygen atoms in total. The number of rotatable bonds is 4. The molecular formula is C11H11N2O3PS. The third-order valence-electron chi connectivity index (χ3n) is 2.05. The molecule has 1 atom stereocenters. The van der Waals surface area contributed by atoms with Gasteiger partial charge in [0, 0.05) is 16.1 Å². The van der Waals surface area contributed by atoms with E-state index in [1.54, 1.807) is 13.0 Å². The van der Waals surface area contributed by atoms with E-state index in [1.165, 1.54) is 6.07 Å². The first-order valence-corrected chi connectivity index (χ1v) is 6.37. The molecule has 18 heavy (non-hydrogen) atoms. The second-order valence-electron chi connectivity index (χ2n) is 3.22. The number of Topliss-reactive ketones (excluding diaryl/α,β-unsaturated/α-hetero) is 1. The Morgan fingerprint density at radius 2 is 2.22 bits per heavy atom. The molecule has 94 valence electrons. The predicted molar refractivity (Wildman–Crippen MR) is 72.6 cm³/mol. The van der Waals surface area contributed by atoms with Crippen molar-refractivity contribution in [1.82, 2.24) is 0 Å². The fourth-order valence-electron chi connectivity index (χ4n) is 1.23. The summed E-state index contributed by atoms with van der Waals surface area (Å²) in [6.45, 7) is 1.72. The quantitative estimate of drug-likeness (QED) is 0.169. The van der Waals surface area contributed by atoms with Gasteiger partial charge in [0.15, 0.2) is 0 Å². The van der Waals surface area contributed by atoms with Crippen molar-refractivity contribution in [3.05, 3.63) is 17.7 Å². The number of anilines is 1. The number of esters is 1. The molecule has 0 bridgehead atoms. The van der Waals surface area contributed by atoms with Crippen molar-refractivity contribution in [2.24, 2.45) is 0 Å². The summed E-state index contributed by atoms with van der Waals surface area (Å²) in [7, 11) is 2.40. The summed E-state index contributed by atoms with van der Waals surface area (Å²) in [5.41, 5.74) is 6.12. The average molecular weight is 282 g/mol. The highest BCUT2D eigenvalue weighted by Gasteiger charge is 2.22. The minimum Gasteiger partial charge on any atom is -0.460 e. The molecule has 7 heteroatoms. The van der Waals surface area contributed by atoms with Crippen LogP contribution in [-0.4, -0.2) is 18.4 Å². The largest absolute Gasteiger partial charge is 0.460 e. The van der Waals surface area contributed by atoms with Crippen molar-refractivity contribution in [2.75, 3.05) is 12.3 Å². The lowest BCUT2D eigenvalue weighted by molar-refractivity contribution is -0.137. The molecule has 0 aliphatic carbocycles. The van der Waals surface area contributed by atoms with Crippen LogP contribution in [0.2, 0.25) is 0 Å². The molecule has 1 rings (SSSR count). The second-order valence-corrected chi connectivity index (χ2v) is 4.67. The van der Waals surface area contributed by atoms with Gasteiger partial charge >= 0.3 is 5.97 Å². The Labute approximate surface area is 111 Å². The van der Waals surface area contributed by atoms with E-state index >= 15 is 0 Å². The van der Waals surface area contributed by atoms with E-state index in [1.807, 2.05) is 5.40 Å². The monoisotopic (exact) mass is 282 g/mol. The molecule has 2 N–H and O–H groups in total. The number of nitrogens with two attached hydrogens (primary N) is 1. The first-order chi connectivity index (χ1) is 8.51. The number of hydrogen-bond acceptors (Lipinski definition) is 6. The number of ether oxygens (including phenoxy) is 1. The van der Waals surface area contributed by atoms with Gasteiger partial charge in [0.25, 0.3) is 5.78 Å². The molecule has 0 aromatic heterocycles. The van der Waals surface area contributed by atoms with E-state index in [4.69, 9.17) is 11.0 Å². The second kappa shape index (κ2) is 6.39. The van der Waals surface area contributed by atoms with E-state index in [2.05, 4.69) is 14.0 Å². The zero-order chi connectivity index (χ0) is 13.7. The lowest BCUT2D eigenvalue weighted by Crippen LogP contribution is -2.19. The number of nitrogens with zero attached hydrogens (tertiary/aromatic N) is 1. The number of nitrogen functional groups attached to an aromatic ring is 1. The molecule has 0 saturated heterocycles. The Kier molecular flexibility index (Phi) is 5.14. The summed E-state index contributed by atoms with van der Waals surface area (Å²) < 4.78 is 4.63. The number of benzene rings is 1. The Morgan fingerprint density at radius 1 is 1.56 bits per heavy atom. The minimum atomic E-state index is -0.951. The predicted octanol–water partition coefficient (Wildman–Crippen LogP) is 1.09. The van der Waals surface area contributed by atoms with Crippen molar-refractivity contribution in [3.8, 4) is 5.40 Å². The maximum absolute atomic E-state index is 11.8. The van der Waals surface area contributed by atoms with Crippen molar-refractivity contribution < 1.29 is 14.3 Å². The molecular weight excluding hydrogens is 271 g/mol. The molecule has 0 aliphatic rings. The van der Waals surface area contributed by atoms with Crippen LogP contribution in [0.5, 0.6) is 0 Å². The fraction of sp³-hybridized carbons (Fsp3) is 0.182. The van der Waals surface area contributed by atoms with Crippen molar-refractivity contribution >= 4 is 43.7 Å². The SMILES string of the molecule is CCOC(=O)C(=O)c1cc(N)c(P)cc1SC#N.